The van der Waals surface area contributed by atoms with E-state index in [1.807, 2.05) is 37.3 Å². The van der Waals surface area contributed by atoms with Crippen molar-refractivity contribution in [2.45, 2.75) is 92.4 Å². The normalized spacial score (nSPS) is 12.2. The van der Waals surface area contributed by atoms with Crippen LogP contribution in [0.5, 0.6) is 17.2 Å². The summed E-state index contributed by atoms with van der Waals surface area (Å²) >= 11 is 0. The van der Waals surface area contributed by atoms with Crippen molar-refractivity contribution >= 4 is 18.9 Å². The monoisotopic (exact) mass is 676 g/mol. The topological polar surface area (TPSA) is 112 Å². The van der Waals surface area contributed by atoms with Crippen LogP contribution in [0.25, 0.3) is 0 Å². The lowest BCUT2D eigenvalue weighted by Crippen LogP contribution is -2.27. The molecule has 0 fully saturated rings. The zero-order valence-electron chi connectivity index (χ0n) is 30.9. The molecule has 6 nitrogen and oxygen atoms in total. The van der Waals surface area contributed by atoms with Gasteiger partial charge in [-0.3, -0.25) is 14.4 Å². The van der Waals surface area contributed by atoms with Crippen LogP contribution in [-0.4, -0.2) is 34.2 Å². The predicted octanol–water partition coefficient (Wildman–Crippen LogP) is 9.52. The van der Waals surface area contributed by atoms with Gasteiger partial charge in [0, 0.05) is 10.8 Å². The predicted molar refractivity (Wildman–Crippen MR) is 200 cm³/mol. The average molecular weight is 677 g/mol. The fourth-order valence-corrected chi connectivity index (χ4v) is 7.04. The molecule has 0 unspecified atom stereocenters. The Hall–Kier alpha value is -4.71. The Morgan fingerprint density at radius 1 is 0.480 bits per heavy atom. The van der Waals surface area contributed by atoms with E-state index < -0.39 is 10.8 Å². The van der Waals surface area contributed by atoms with Gasteiger partial charge >= 0.3 is 0 Å². The lowest BCUT2D eigenvalue weighted by Gasteiger charge is -2.35. The number of hydrogen-bond donors (Lipinski definition) is 3. The fourth-order valence-electron chi connectivity index (χ4n) is 7.04. The second-order valence-corrected chi connectivity index (χ2v) is 15.7. The van der Waals surface area contributed by atoms with Gasteiger partial charge < -0.3 is 15.3 Å². The Kier molecular flexibility index (Phi) is 11.5. The average Bonchev–Trinajstić information content (AvgIpc) is 3.06. The minimum atomic E-state index is -0.912. The van der Waals surface area contributed by atoms with Crippen molar-refractivity contribution in [3.05, 3.63) is 122 Å². The molecule has 0 atom stereocenters. The Morgan fingerprint density at radius 2 is 0.780 bits per heavy atom. The molecule has 0 radical (unpaired) electrons. The van der Waals surface area contributed by atoms with E-state index in [1.165, 1.54) is 0 Å². The van der Waals surface area contributed by atoms with Crippen molar-refractivity contribution in [1.29, 1.82) is 0 Å². The molecule has 0 bridgehead atoms. The zero-order chi connectivity index (χ0) is 37.1. The second-order valence-electron chi connectivity index (χ2n) is 15.7. The van der Waals surface area contributed by atoms with Gasteiger partial charge in [-0.1, -0.05) is 97.9 Å². The van der Waals surface area contributed by atoms with Gasteiger partial charge in [-0.2, -0.15) is 0 Å². The Morgan fingerprint density at radius 3 is 1.10 bits per heavy atom. The van der Waals surface area contributed by atoms with Crippen LogP contribution < -0.4 is 0 Å². The quantitative estimate of drug-likeness (QED) is 0.0906. The molecule has 0 spiro atoms. The molecule has 264 valence electrons. The standard InChI is InChI=1S/C44H52O6/c1-26(2)14-29-17-37(20-32(23-45)40(29)48)43(7,8)35-10-12-36(13-11-35)44(9,38-18-30(15-27(3)4)41(49)33(21-38)24-46)39-19-31(16-28(5)6)42(50)34(22-39)25-47/h10-13,17-28,48-50H,14-16H2,1-9H3. The molecule has 4 aromatic rings. The fraction of sp³-hybridized carbons (Fsp3) is 0.386. The number of phenolic OH excluding ortho intramolecular Hbond substituents is 3. The first-order valence-electron chi connectivity index (χ1n) is 17.5. The van der Waals surface area contributed by atoms with Gasteiger partial charge in [0.2, 0.25) is 0 Å². The van der Waals surface area contributed by atoms with E-state index in [2.05, 4.69) is 67.5 Å². The third kappa shape index (κ3) is 7.55. The minimum Gasteiger partial charge on any atom is -0.507 e. The molecule has 0 amide bonds. The number of carbonyl (C=O) groups is 3. The molecule has 3 N–H and O–H groups in total. The molecule has 6 heteroatoms. The van der Waals surface area contributed by atoms with Crippen LogP contribution >= 0.6 is 0 Å². The maximum Gasteiger partial charge on any atom is 0.153 e. The highest BCUT2D eigenvalue weighted by molar-refractivity contribution is 5.83. The van der Waals surface area contributed by atoms with Gasteiger partial charge in [0.25, 0.3) is 0 Å². The third-order valence-electron chi connectivity index (χ3n) is 9.98. The summed E-state index contributed by atoms with van der Waals surface area (Å²) in [6.07, 6.45) is 3.80. The first-order chi connectivity index (χ1) is 23.5. The summed E-state index contributed by atoms with van der Waals surface area (Å²) in [6.45, 7) is 18.6. The molecule has 0 saturated heterocycles. The van der Waals surface area contributed by atoms with E-state index >= 15 is 0 Å². The maximum absolute atomic E-state index is 12.3. The van der Waals surface area contributed by atoms with Gasteiger partial charge in [0.1, 0.15) is 17.2 Å². The van der Waals surface area contributed by atoms with E-state index in [4.69, 9.17) is 0 Å². The highest BCUT2D eigenvalue weighted by atomic mass is 16.3. The molecule has 0 saturated carbocycles. The summed E-state index contributed by atoms with van der Waals surface area (Å²) in [7, 11) is 0. The van der Waals surface area contributed by atoms with Gasteiger partial charge in [-0.25, -0.2) is 0 Å². The first-order valence-corrected chi connectivity index (χ1v) is 17.5. The zero-order valence-corrected chi connectivity index (χ0v) is 30.9. The summed E-state index contributed by atoms with van der Waals surface area (Å²) < 4.78 is 0. The van der Waals surface area contributed by atoms with E-state index in [-0.39, 0.29) is 51.7 Å². The number of hydrogen-bond acceptors (Lipinski definition) is 6. The molecule has 4 aromatic carbocycles. The molecule has 0 aromatic heterocycles. The summed E-state index contributed by atoms with van der Waals surface area (Å²) in [6, 6.07) is 19.3. The molecule has 4 rings (SSSR count). The molecule has 50 heavy (non-hydrogen) atoms. The van der Waals surface area contributed by atoms with Crippen molar-refractivity contribution in [2.24, 2.45) is 17.8 Å². The number of carbonyl (C=O) groups excluding carboxylic acids is 3. The Balaban J connectivity index is 1.99. The maximum atomic E-state index is 12.3. The van der Waals surface area contributed by atoms with Crippen LogP contribution in [0.1, 0.15) is 138 Å². The number of phenols is 3. The van der Waals surface area contributed by atoms with Crippen LogP contribution in [0, 0.1) is 17.8 Å². The highest BCUT2D eigenvalue weighted by Gasteiger charge is 2.35. The molecular weight excluding hydrogens is 624 g/mol. The van der Waals surface area contributed by atoms with Crippen LogP contribution in [0.3, 0.4) is 0 Å². The van der Waals surface area contributed by atoms with E-state index in [0.29, 0.717) is 49.2 Å². The van der Waals surface area contributed by atoms with Crippen LogP contribution in [0.2, 0.25) is 0 Å². The van der Waals surface area contributed by atoms with Gasteiger partial charge in [-0.15, -0.1) is 0 Å². The smallest absolute Gasteiger partial charge is 0.153 e. The van der Waals surface area contributed by atoms with E-state index in [9.17, 15) is 29.7 Å². The van der Waals surface area contributed by atoms with Crippen molar-refractivity contribution in [3.8, 4) is 17.2 Å². The van der Waals surface area contributed by atoms with Crippen molar-refractivity contribution < 1.29 is 29.7 Å². The minimum absolute atomic E-state index is 0.0280. The molecule has 0 aliphatic heterocycles. The summed E-state index contributed by atoms with van der Waals surface area (Å²) in [5.74, 6) is 0.695. The molecule has 0 aliphatic carbocycles. The second kappa shape index (κ2) is 15.0. The molecule has 0 aliphatic rings. The number of rotatable bonds is 14. The summed E-state index contributed by atoms with van der Waals surface area (Å²) in [4.78, 5) is 36.6. The third-order valence-corrected chi connectivity index (χ3v) is 9.98. The van der Waals surface area contributed by atoms with Gasteiger partial charge in [0.15, 0.2) is 18.9 Å². The van der Waals surface area contributed by atoms with Gasteiger partial charge in [-0.05, 0) is 107 Å². The highest BCUT2D eigenvalue weighted by Crippen LogP contribution is 2.45. The van der Waals surface area contributed by atoms with E-state index in [0.717, 1.165) is 33.4 Å². The Labute approximate surface area is 297 Å². The summed E-state index contributed by atoms with van der Waals surface area (Å²) in [5.41, 5.74) is 5.58. The molecule has 0 heterocycles. The van der Waals surface area contributed by atoms with Gasteiger partial charge in [0.05, 0.1) is 16.7 Å². The lowest BCUT2D eigenvalue weighted by atomic mass is 9.68. The lowest BCUT2D eigenvalue weighted by molar-refractivity contribution is 0.111. The van der Waals surface area contributed by atoms with Crippen molar-refractivity contribution in [3.63, 3.8) is 0 Å². The number of aromatic hydroxyl groups is 3. The molecular formula is C44H52O6. The van der Waals surface area contributed by atoms with Crippen molar-refractivity contribution in [1.82, 2.24) is 0 Å². The number of aldehydes is 3. The SMILES string of the molecule is CC(C)Cc1cc(C(C)(C)c2ccc(C(C)(c3cc(C=O)c(O)c(CC(C)C)c3)c3cc(C=O)c(O)c(CC(C)C)c3)cc2)cc(C=O)c1O. The first kappa shape index (κ1) is 38.1. The Bertz CT molecular complexity index is 1810. The van der Waals surface area contributed by atoms with Crippen LogP contribution in [-0.2, 0) is 30.1 Å². The van der Waals surface area contributed by atoms with Crippen LogP contribution in [0.4, 0.5) is 0 Å². The summed E-state index contributed by atoms with van der Waals surface area (Å²) in [5, 5.41) is 32.9. The van der Waals surface area contributed by atoms with Crippen LogP contribution in [0.15, 0.2) is 60.7 Å². The van der Waals surface area contributed by atoms with Crippen molar-refractivity contribution in [2.75, 3.05) is 0 Å². The van der Waals surface area contributed by atoms with E-state index in [1.54, 1.807) is 18.2 Å². The number of benzene rings is 4. The largest absolute Gasteiger partial charge is 0.507 e.